The first-order chi connectivity index (χ1) is 14.5. The number of methoxy groups -OCH3 is 1. The van der Waals surface area contributed by atoms with Crippen molar-refractivity contribution in [3.8, 4) is 39.6 Å². The maximum Gasteiger partial charge on any atom is 0.573 e. The number of para-hydroxylation sites is 1. The fourth-order valence-electron chi connectivity index (χ4n) is 3.23. The smallest absolute Gasteiger partial charge is 0.496 e. The summed E-state index contributed by atoms with van der Waals surface area (Å²) >= 11 is 0. The summed E-state index contributed by atoms with van der Waals surface area (Å²) < 4.78 is 49.1. The number of imidazole rings is 1. The van der Waals surface area contributed by atoms with Crippen LogP contribution in [0.5, 0.6) is 11.5 Å². The van der Waals surface area contributed by atoms with Crippen molar-refractivity contribution in [2.45, 2.75) is 6.36 Å². The maximum absolute atomic E-state index is 12.6. The molecule has 0 atom stereocenters. The van der Waals surface area contributed by atoms with Gasteiger partial charge < -0.3 is 9.47 Å². The maximum atomic E-state index is 12.6. The fraction of sp³-hybridized carbons (Fsp3) is 0.0909. The van der Waals surface area contributed by atoms with Crippen LogP contribution in [0.15, 0.2) is 79.5 Å². The summed E-state index contributed by atoms with van der Waals surface area (Å²) in [6.07, 6.45) is 1.73. The highest BCUT2D eigenvalue weighted by molar-refractivity contribution is 5.78. The second kappa shape index (κ2) is 7.90. The average molecular weight is 411 g/mol. The molecule has 0 bridgehead atoms. The second-order valence-electron chi connectivity index (χ2n) is 6.32. The summed E-state index contributed by atoms with van der Waals surface area (Å²) in [4.78, 5) is 8.42. The number of rotatable bonds is 5. The number of hydrogen-bond acceptors (Lipinski definition) is 4. The van der Waals surface area contributed by atoms with Crippen molar-refractivity contribution in [1.29, 1.82) is 0 Å². The zero-order chi connectivity index (χ0) is 21.1. The quantitative estimate of drug-likeness (QED) is 0.435. The Morgan fingerprint density at radius 2 is 1.73 bits per heavy atom. The van der Waals surface area contributed by atoms with Crippen LogP contribution in [0.3, 0.4) is 0 Å². The van der Waals surface area contributed by atoms with E-state index in [0.29, 0.717) is 22.7 Å². The molecule has 0 aliphatic rings. The minimum atomic E-state index is -4.76. The fourth-order valence-corrected chi connectivity index (χ4v) is 3.23. The Morgan fingerprint density at radius 1 is 0.900 bits per heavy atom. The van der Waals surface area contributed by atoms with E-state index in [1.165, 1.54) is 18.2 Å². The average Bonchev–Trinajstić information content (AvgIpc) is 3.22. The van der Waals surface area contributed by atoms with Crippen molar-refractivity contribution in [3.63, 3.8) is 0 Å². The molecule has 0 saturated heterocycles. The molecule has 0 aliphatic heterocycles. The highest BCUT2D eigenvalue weighted by atomic mass is 19.4. The van der Waals surface area contributed by atoms with Gasteiger partial charge in [-0.1, -0.05) is 30.3 Å². The molecule has 4 rings (SSSR count). The normalized spacial score (nSPS) is 11.3. The molecule has 0 unspecified atom stereocenters. The molecule has 152 valence electrons. The minimum Gasteiger partial charge on any atom is -0.496 e. The molecule has 0 fully saturated rings. The van der Waals surface area contributed by atoms with Gasteiger partial charge in [-0.25, -0.2) is 4.98 Å². The van der Waals surface area contributed by atoms with Crippen LogP contribution in [-0.4, -0.2) is 28.0 Å². The molecule has 2 heterocycles. The summed E-state index contributed by atoms with van der Waals surface area (Å²) in [6, 6.07) is 15.2. The van der Waals surface area contributed by atoms with E-state index in [0.717, 1.165) is 11.1 Å². The lowest BCUT2D eigenvalue weighted by atomic mass is 10.0. The monoisotopic (exact) mass is 411 g/mol. The molecule has 8 heteroatoms. The van der Waals surface area contributed by atoms with Crippen LogP contribution >= 0.6 is 0 Å². The van der Waals surface area contributed by atoms with Crippen LogP contribution in [-0.2, 0) is 0 Å². The van der Waals surface area contributed by atoms with Crippen LogP contribution < -0.4 is 9.47 Å². The van der Waals surface area contributed by atoms with E-state index in [2.05, 4.69) is 14.7 Å². The molecule has 0 aliphatic carbocycles. The minimum absolute atomic E-state index is 0.302. The van der Waals surface area contributed by atoms with Crippen molar-refractivity contribution in [3.05, 3.63) is 79.5 Å². The van der Waals surface area contributed by atoms with Crippen molar-refractivity contribution >= 4 is 0 Å². The van der Waals surface area contributed by atoms with Crippen LogP contribution in [0.2, 0.25) is 0 Å². The number of pyridine rings is 1. The Kier molecular flexibility index (Phi) is 5.14. The Bertz CT molecular complexity index is 1170. The summed E-state index contributed by atoms with van der Waals surface area (Å²) in [6.45, 7) is 0. The van der Waals surface area contributed by atoms with Gasteiger partial charge in [0.25, 0.3) is 0 Å². The van der Waals surface area contributed by atoms with Crippen molar-refractivity contribution in [2.24, 2.45) is 0 Å². The van der Waals surface area contributed by atoms with Gasteiger partial charge in [0.05, 0.1) is 37.2 Å². The van der Waals surface area contributed by atoms with Crippen molar-refractivity contribution < 1.29 is 22.6 Å². The first-order valence-electron chi connectivity index (χ1n) is 8.92. The van der Waals surface area contributed by atoms with Gasteiger partial charge in [0.1, 0.15) is 11.5 Å². The second-order valence-corrected chi connectivity index (χ2v) is 6.32. The van der Waals surface area contributed by atoms with Gasteiger partial charge in [-0.2, -0.15) is 0 Å². The predicted molar refractivity (Wildman–Crippen MR) is 105 cm³/mol. The summed E-state index contributed by atoms with van der Waals surface area (Å²) in [5.74, 6) is 0.385. The lowest BCUT2D eigenvalue weighted by Gasteiger charge is -2.16. The largest absolute Gasteiger partial charge is 0.573 e. The molecule has 5 nitrogen and oxygen atoms in total. The molecule has 0 N–H and O–H groups in total. The number of ether oxygens (including phenoxy) is 2. The van der Waals surface area contributed by atoms with E-state index in [4.69, 9.17) is 4.74 Å². The van der Waals surface area contributed by atoms with Gasteiger partial charge in [-0.3, -0.25) is 9.55 Å². The molecular weight excluding hydrogens is 395 g/mol. The van der Waals surface area contributed by atoms with E-state index in [9.17, 15) is 13.2 Å². The Balaban J connectivity index is 1.82. The topological polar surface area (TPSA) is 49.2 Å². The van der Waals surface area contributed by atoms with Gasteiger partial charge in [0, 0.05) is 22.9 Å². The zero-order valence-corrected chi connectivity index (χ0v) is 15.8. The van der Waals surface area contributed by atoms with Gasteiger partial charge in [-0.15, -0.1) is 13.2 Å². The molecule has 4 aromatic rings. The number of halogens is 3. The number of nitrogens with zero attached hydrogens (tertiary/aromatic N) is 3. The van der Waals surface area contributed by atoms with E-state index < -0.39 is 6.36 Å². The lowest BCUT2D eigenvalue weighted by molar-refractivity contribution is -0.274. The molecular formula is C22H16F3N3O2. The lowest BCUT2D eigenvalue weighted by Crippen LogP contribution is -2.17. The molecule has 2 aromatic carbocycles. The van der Waals surface area contributed by atoms with Crippen molar-refractivity contribution in [1.82, 2.24) is 14.5 Å². The van der Waals surface area contributed by atoms with Gasteiger partial charge >= 0.3 is 6.36 Å². The van der Waals surface area contributed by atoms with Crippen LogP contribution in [0.1, 0.15) is 0 Å². The van der Waals surface area contributed by atoms with E-state index in [1.54, 1.807) is 42.7 Å². The predicted octanol–water partition coefficient (Wildman–Crippen LogP) is 5.51. The van der Waals surface area contributed by atoms with Gasteiger partial charge in [0.2, 0.25) is 0 Å². The SMILES string of the molecule is COc1ccccc1-c1ccncc1-n1cncc1-c1cccc(OC(F)(F)F)c1. The summed E-state index contributed by atoms with van der Waals surface area (Å²) in [5.41, 5.74) is 3.50. The third kappa shape index (κ3) is 3.98. The molecule has 0 spiro atoms. The molecule has 2 aromatic heterocycles. The molecule has 0 saturated carbocycles. The van der Waals surface area contributed by atoms with Crippen LogP contribution in [0.4, 0.5) is 13.2 Å². The van der Waals surface area contributed by atoms with Crippen molar-refractivity contribution in [2.75, 3.05) is 7.11 Å². The number of hydrogen-bond donors (Lipinski definition) is 0. The zero-order valence-electron chi connectivity index (χ0n) is 15.8. The van der Waals surface area contributed by atoms with E-state index in [-0.39, 0.29) is 5.75 Å². The molecule has 0 amide bonds. The van der Waals surface area contributed by atoms with E-state index >= 15 is 0 Å². The first kappa shape index (κ1) is 19.5. The third-order valence-electron chi connectivity index (χ3n) is 4.46. The Labute approximate surface area is 170 Å². The third-order valence-corrected chi connectivity index (χ3v) is 4.46. The number of benzene rings is 2. The first-order valence-corrected chi connectivity index (χ1v) is 8.92. The molecule has 0 radical (unpaired) electrons. The van der Waals surface area contributed by atoms with Crippen LogP contribution in [0, 0.1) is 0 Å². The summed E-state index contributed by atoms with van der Waals surface area (Å²) in [7, 11) is 1.59. The Morgan fingerprint density at radius 3 is 2.53 bits per heavy atom. The highest BCUT2D eigenvalue weighted by Crippen LogP contribution is 2.36. The van der Waals surface area contributed by atoms with E-state index in [1.807, 2.05) is 30.3 Å². The van der Waals surface area contributed by atoms with Gasteiger partial charge in [-0.05, 0) is 24.3 Å². The highest BCUT2D eigenvalue weighted by Gasteiger charge is 2.31. The summed E-state index contributed by atoms with van der Waals surface area (Å²) in [5, 5.41) is 0. The number of alkyl halides is 3. The number of aromatic nitrogens is 3. The van der Waals surface area contributed by atoms with Gasteiger partial charge in [0.15, 0.2) is 0 Å². The van der Waals surface area contributed by atoms with Crippen LogP contribution in [0.25, 0.3) is 28.1 Å². The standard InChI is InChI=1S/C22H16F3N3O2/c1-29-21-8-3-2-7-18(21)17-9-10-26-13-20(17)28-14-27-12-19(28)15-5-4-6-16(11-15)30-22(23,24)25/h2-14H,1H3. The molecule has 30 heavy (non-hydrogen) atoms. The Hall–Kier alpha value is -3.81.